The van der Waals surface area contributed by atoms with E-state index in [0.717, 1.165) is 53.1 Å². The molecule has 5 aromatic rings. The molecule has 4 aromatic carbocycles. The maximum Gasteiger partial charge on any atom is 0.311 e. The highest BCUT2D eigenvalue weighted by Gasteiger charge is 2.23. The number of nitrogens with one attached hydrogen (secondary N) is 2. The summed E-state index contributed by atoms with van der Waals surface area (Å²) in [7, 11) is 10.6. The normalized spacial score (nSPS) is 10.5. The van der Waals surface area contributed by atoms with E-state index in [0.29, 0.717) is 34.2 Å². The van der Waals surface area contributed by atoms with E-state index in [9.17, 15) is 29.8 Å². The number of thioether (sulfide) groups is 1. The molecular formula is C45H60BrN10O10PS3. The van der Waals surface area contributed by atoms with Crippen LogP contribution in [0.25, 0.3) is 0 Å². The van der Waals surface area contributed by atoms with Gasteiger partial charge >= 0.3 is 11.4 Å². The predicted octanol–water partition coefficient (Wildman–Crippen LogP) is 8.82. The monoisotopic (exact) mass is 1110 g/mol. The number of nitro benzene ring substituents is 2. The van der Waals surface area contributed by atoms with Gasteiger partial charge in [0, 0.05) is 47.7 Å². The third kappa shape index (κ3) is 20.9. The summed E-state index contributed by atoms with van der Waals surface area (Å²) in [6.07, 6.45) is 0. The van der Waals surface area contributed by atoms with Gasteiger partial charge in [-0.3, -0.25) is 29.8 Å². The lowest BCUT2D eigenvalue weighted by atomic mass is 10.1. The lowest BCUT2D eigenvalue weighted by Gasteiger charge is -2.11. The van der Waals surface area contributed by atoms with Crippen molar-refractivity contribution >= 4 is 117 Å². The number of Topliss-reactive ketones (excluding diaryl/α,β-unsaturated/α-hetero) is 1. The van der Waals surface area contributed by atoms with Gasteiger partial charge < -0.3 is 50.8 Å². The summed E-state index contributed by atoms with van der Waals surface area (Å²) in [5, 5.41) is 29.4. The maximum atomic E-state index is 12.9. The number of benzene rings is 4. The van der Waals surface area contributed by atoms with Gasteiger partial charge in [-0.25, -0.2) is 4.98 Å². The van der Waals surface area contributed by atoms with Crippen molar-refractivity contribution in [1.82, 2.24) is 14.8 Å². The number of carbonyl (C=O) groups excluding carboxylic acids is 2. The number of alkyl halides is 1. The van der Waals surface area contributed by atoms with Crippen LogP contribution in [-0.2, 0) is 0 Å². The Bertz CT molecular complexity index is 2520. The Morgan fingerprint density at radius 3 is 1.74 bits per heavy atom. The average molecular weight is 1110 g/mol. The molecule has 0 spiro atoms. The number of aromatic nitrogens is 1. The number of nitrogens with zero attached hydrogens (tertiary/aromatic N) is 6. The van der Waals surface area contributed by atoms with Crippen LogP contribution >= 0.6 is 61.1 Å². The highest BCUT2D eigenvalue weighted by atomic mass is 79.9. The van der Waals surface area contributed by atoms with Crippen molar-refractivity contribution in [3.8, 4) is 23.0 Å². The standard InChI is InChI=1S/C21H23N5O5S.C14H22N4OS2.C9H8BrNO4.CH4.H3P/c1-25(2)10-11-31-15-7-5-14(6-8-15)23-21-24-20(22)19(32-21)18(27)13-4-9-17(30-3)16(12-13)26(28)29;1-4-21-13(15)17-14(20)16-11-5-7-12(8-6-11)19-10-9-18(2)3;1-15-9-3-2-6(8(12)5-10)4-7(9)11(13)14;;/h4-9,12H,10-11,22H2,1-3H3,(H,23,24);5-8H,4,9-10H2,1-3H3,(H3,15,16,17,20);2-4H,5H2,1H3;1H4;1H3. The largest absolute Gasteiger partial charge is 0.492 e. The average Bonchev–Trinajstić information content (AvgIpc) is 3.68. The number of ketones is 2. The number of thiocarbonyl (C=S) groups is 1. The molecule has 1 heterocycles. The van der Waals surface area contributed by atoms with Crippen LogP contribution in [0.5, 0.6) is 23.0 Å². The SMILES string of the molecule is C.CCSC(N)=NC(=S)Nc1ccc(OCCN(C)C)cc1.COc1ccc(C(=O)CBr)cc1[N+](=O)[O-].COc1ccc(C(=O)c2sc(Nc3ccc(OCCN(C)C)cc3)nc2N)cc1[N+](=O)[O-].P. The van der Waals surface area contributed by atoms with Crippen LogP contribution in [0, 0.1) is 20.2 Å². The molecule has 25 heteroatoms. The van der Waals surface area contributed by atoms with E-state index in [-0.39, 0.29) is 67.6 Å². The number of aliphatic imine (C=N–C) groups is 1. The molecule has 1 aromatic heterocycles. The lowest BCUT2D eigenvalue weighted by Crippen LogP contribution is -2.19. The molecule has 0 fully saturated rings. The quantitative estimate of drug-likeness (QED) is 0.00828. The number of nitrogen functional groups attached to an aromatic ring is 1. The molecule has 0 aliphatic heterocycles. The Kier molecular flexibility index (Phi) is 28.3. The number of thiazole rings is 1. The van der Waals surface area contributed by atoms with Gasteiger partial charge in [0.2, 0.25) is 5.78 Å². The molecule has 1 unspecified atom stereocenters. The second-order valence-electron chi connectivity index (χ2n) is 14.2. The molecule has 1 atom stereocenters. The van der Waals surface area contributed by atoms with E-state index < -0.39 is 15.6 Å². The van der Waals surface area contributed by atoms with Gasteiger partial charge in [0.25, 0.3) is 0 Å². The van der Waals surface area contributed by atoms with Crippen molar-refractivity contribution in [1.29, 1.82) is 0 Å². The summed E-state index contributed by atoms with van der Waals surface area (Å²) in [6.45, 7) is 4.95. The zero-order chi connectivity index (χ0) is 50.3. The van der Waals surface area contributed by atoms with Crippen molar-refractivity contribution in [2.75, 3.05) is 96.2 Å². The number of halogens is 1. The third-order valence-electron chi connectivity index (χ3n) is 8.65. The number of nitro groups is 2. The fourth-order valence-corrected chi connectivity index (χ4v) is 7.17. The Labute approximate surface area is 432 Å². The van der Waals surface area contributed by atoms with Gasteiger partial charge in [-0.1, -0.05) is 53.4 Å². The van der Waals surface area contributed by atoms with Crippen LogP contribution in [0.4, 0.5) is 33.7 Å². The first-order chi connectivity index (χ1) is 32.4. The van der Waals surface area contributed by atoms with Crippen LogP contribution in [0.15, 0.2) is 89.9 Å². The molecular weight excluding hydrogens is 1050 g/mol. The van der Waals surface area contributed by atoms with Crippen LogP contribution in [0.3, 0.4) is 0 Å². The Balaban J connectivity index is 0.000000559. The molecule has 0 bridgehead atoms. The molecule has 0 saturated heterocycles. The highest BCUT2D eigenvalue weighted by Crippen LogP contribution is 2.33. The summed E-state index contributed by atoms with van der Waals surface area (Å²) in [5.74, 6) is 2.04. The topological polar surface area (TPSA) is 265 Å². The summed E-state index contributed by atoms with van der Waals surface area (Å²) in [4.78, 5) is 57.5. The first-order valence-corrected chi connectivity index (χ1v) is 23.6. The number of methoxy groups -OCH3 is 2. The number of hydrogen-bond donors (Lipinski definition) is 4. The lowest BCUT2D eigenvalue weighted by molar-refractivity contribution is -0.385. The van der Waals surface area contributed by atoms with Crippen molar-refractivity contribution in [2.24, 2.45) is 10.7 Å². The first-order valence-electron chi connectivity index (χ1n) is 20.2. The number of rotatable bonds is 20. The summed E-state index contributed by atoms with van der Waals surface area (Å²) >= 11 is 10.7. The molecule has 70 heavy (non-hydrogen) atoms. The first kappa shape index (κ1) is 62.0. The summed E-state index contributed by atoms with van der Waals surface area (Å²) in [5.41, 5.74) is 13.2. The van der Waals surface area contributed by atoms with E-state index in [1.54, 1.807) is 0 Å². The third-order valence-corrected chi connectivity index (χ3v) is 11.0. The second-order valence-corrected chi connectivity index (χ2v) is 17.4. The molecule has 0 amide bonds. The van der Waals surface area contributed by atoms with E-state index in [2.05, 4.69) is 41.4 Å². The number of amidine groups is 1. The number of nitrogens with two attached hydrogens (primary N) is 2. The van der Waals surface area contributed by atoms with Gasteiger partial charge in [-0.15, -0.1) is 0 Å². The van der Waals surface area contributed by atoms with E-state index >= 15 is 0 Å². The highest BCUT2D eigenvalue weighted by molar-refractivity contribution is 9.09. The fourth-order valence-electron chi connectivity index (χ4n) is 5.25. The zero-order valence-electron chi connectivity index (χ0n) is 39.1. The van der Waals surface area contributed by atoms with Crippen molar-refractivity contribution in [2.45, 2.75) is 14.4 Å². The minimum atomic E-state index is -0.605. The molecule has 5 rings (SSSR count). The predicted molar refractivity (Wildman–Crippen MR) is 295 cm³/mol. The van der Waals surface area contributed by atoms with E-state index in [1.165, 1.54) is 62.4 Å². The molecule has 0 aliphatic rings. The Hall–Kier alpha value is -6.01. The van der Waals surface area contributed by atoms with Crippen LogP contribution in [0.1, 0.15) is 39.9 Å². The zero-order valence-corrected chi connectivity index (χ0v) is 44.5. The number of likely N-dealkylation sites (N-methyl/N-ethyl adjacent to an activating group) is 2. The van der Waals surface area contributed by atoms with Gasteiger partial charge in [-0.05, 0) is 119 Å². The number of carbonyl (C=O) groups is 2. The second kappa shape index (κ2) is 32.0. The van der Waals surface area contributed by atoms with Gasteiger partial charge in [-0.2, -0.15) is 14.9 Å². The minimum Gasteiger partial charge on any atom is -0.492 e. The Morgan fingerprint density at radius 1 is 0.829 bits per heavy atom. The molecule has 20 nitrogen and oxygen atoms in total. The van der Waals surface area contributed by atoms with Crippen LogP contribution in [-0.4, -0.2) is 126 Å². The molecule has 0 saturated carbocycles. The number of ether oxygens (including phenoxy) is 4. The van der Waals surface area contributed by atoms with Gasteiger partial charge in [0.15, 0.2) is 32.7 Å². The minimum absolute atomic E-state index is 0. The molecule has 6 N–H and O–H groups in total. The van der Waals surface area contributed by atoms with Gasteiger partial charge in [0.05, 0.1) is 29.4 Å². The molecule has 380 valence electrons. The van der Waals surface area contributed by atoms with Crippen LogP contribution in [0.2, 0.25) is 0 Å². The summed E-state index contributed by atoms with van der Waals surface area (Å²) in [6, 6.07) is 23.0. The maximum absolute atomic E-state index is 12.9. The van der Waals surface area contributed by atoms with Gasteiger partial charge in [0.1, 0.15) is 35.4 Å². The number of anilines is 4. The van der Waals surface area contributed by atoms with Crippen LogP contribution < -0.4 is 41.0 Å². The van der Waals surface area contributed by atoms with E-state index in [1.807, 2.05) is 88.5 Å². The molecule has 0 aliphatic carbocycles. The smallest absolute Gasteiger partial charge is 0.311 e. The van der Waals surface area contributed by atoms with E-state index in [4.69, 9.17) is 42.6 Å². The Morgan fingerprint density at radius 2 is 1.30 bits per heavy atom. The summed E-state index contributed by atoms with van der Waals surface area (Å²) < 4.78 is 21.1. The fraction of sp³-hybridized carbons (Fsp3) is 0.311. The molecule has 0 radical (unpaired) electrons. The van der Waals surface area contributed by atoms with Crippen molar-refractivity contribution < 1.29 is 38.4 Å². The van der Waals surface area contributed by atoms with Crippen molar-refractivity contribution in [3.05, 3.63) is 121 Å². The van der Waals surface area contributed by atoms with Crippen molar-refractivity contribution in [3.63, 3.8) is 0 Å². The number of hydrogen-bond acceptors (Lipinski definition) is 18.